The third-order valence-electron chi connectivity index (χ3n) is 11.3. The molecule has 6 heteroatoms. The number of nitrogens with one attached hydrogen (secondary N) is 1. The van der Waals surface area contributed by atoms with E-state index in [0.717, 1.165) is 50.2 Å². The molecule has 1 unspecified atom stereocenters. The first-order valence-electron chi connectivity index (χ1n) is 19.2. The van der Waals surface area contributed by atoms with Crippen LogP contribution >= 0.6 is 11.3 Å². The van der Waals surface area contributed by atoms with Gasteiger partial charge >= 0.3 is 0 Å². The number of para-hydroxylation sites is 4. The number of nitrogens with zero attached hydrogens (tertiary/aromatic N) is 3. The summed E-state index contributed by atoms with van der Waals surface area (Å²) >= 11 is 1.82. The summed E-state index contributed by atoms with van der Waals surface area (Å²) in [5, 5.41) is 10.8. The molecule has 0 fully saturated rings. The Morgan fingerprint density at radius 2 is 1.23 bits per heavy atom. The minimum atomic E-state index is -0.403. The molecule has 0 bridgehead atoms. The van der Waals surface area contributed by atoms with Crippen molar-refractivity contribution in [2.24, 2.45) is 9.98 Å². The van der Waals surface area contributed by atoms with E-state index in [1.165, 1.54) is 53.1 Å². The van der Waals surface area contributed by atoms with Crippen LogP contribution in [-0.2, 0) is 0 Å². The molecule has 0 amide bonds. The Bertz CT molecular complexity index is 3450. The smallest absolute Gasteiger partial charge is 0.159 e. The normalized spacial score (nSPS) is 14.5. The van der Waals surface area contributed by atoms with Crippen LogP contribution in [0.1, 0.15) is 22.9 Å². The number of furan rings is 1. The van der Waals surface area contributed by atoms with Gasteiger partial charge in [0.25, 0.3) is 0 Å². The first kappa shape index (κ1) is 32.0. The maximum atomic E-state index is 6.48. The van der Waals surface area contributed by atoms with Gasteiger partial charge in [-0.3, -0.25) is 0 Å². The van der Waals surface area contributed by atoms with Crippen LogP contribution in [0.3, 0.4) is 0 Å². The topological polar surface area (TPSA) is 54.8 Å². The van der Waals surface area contributed by atoms with Crippen molar-refractivity contribution < 1.29 is 4.42 Å². The summed E-state index contributed by atoms with van der Waals surface area (Å²) in [6.07, 6.45) is -0.403. The molecule has 0 radical (unpaired) electrons. The summed E-state index contributed by atoms with van der Waals surface area (Å²) in [6, 6.07) is 64.4. The van der Waals surface area contributed by atoms with Crippen molar-refractivity contribution in [1.82, 2.24) is 9.88 Å². The molecule has 4 heterocycles. The van der Waals surface area contributed by atoms with Crippen molar-refractivity contribution in [3.05, 3.63) is 199 Å². The van der Waals surface area contributed by atoms with Crippen LogP contribution in [0.2, 0.25) is 0 Å². The first-order chi connectivity index (χ1) is 28.3. The first-order valence-corrected chi connectivity index (χ1v) is 20.0. The Morgan fingerprint density at radius 1 is 0.526 bits per heavy atom. The SMILES string of the molecule is c1ccc(C2=NC(c3ccc4c(c3)sc3cccc(-c5cccc6c5c5ccccc5n6-c5ccccc5)c34)=NC(c3cccc4c3oc3ccccc34)N2)cc1. The number of rotatable bonds is 5. The van der Waals surface area contributed by atoms with Gasteiger partial charge in [-0.2, -0.15) is 0 Å². The average molecular weight is 749 g/mol. The Hall–Kier alpha value is -7.28. The van der Waals surface area contributed by atoms with Gasteiger partial charge in [0.05, 0.1) is 11.0 Å². The molecule has 5 nitrogen and oxygen atoms in total. The predicted molar refractivity (Wildman–Crippen MR) is 238 cm³/mol. The maximum Gasteiger partial charge on any atom is 0.159 e. The molecule has 0 aliphatic carbocycles. The van der Waals surface area contributed by atoms with Gasteiger partial charge in [-0.25, -0.2) is 9.98 Å². The Morgan fingerprint density at radius 3 is 2.11 bits per heavy atom. The van der Waals surface area contributed by atoms with E-state index in [-0.39, 0.29) is 0 Å². The molecule has 11 aromatic rings. The van der Waals surface area contributed by atoms with E-state index >= 15 is 0 Å². The molecule has 1 atom stereocenters. The Labute approximate surface area is 331 Å². The van der Waals surface area contributed by atoms with Crippen LogP contribution in [0.4, 0.5) is 0 Å². The molecular weight excluding hydrogens is 717 g/mol. The second-order valence-electron chi connectivity index (χ2n) is 14.5. The third kappa shape index (κ3) is 5.01. The van der Waals surface area contributed by atoms with E-state index in [9.17, 15) is 0 Å². The van der Waals surface area contributed by atoms with E-state index in [1.807, 2.05) is 41.7 Å². The van der Waals surface area contributed by atoms with Crippen molar-refractivity contribution in [2.45, 2.75) is 6.17 Å². The lowest BCUT2D eigenvalue weighted by molar-refractivity contribution is 0.628. The second kappa shape index (κ2) is 12.6. The van der Waals surface area contributed by atoms with Gasteiger partial charge in [0.1, 0.15) is 17.0 Å². The number of fused-ring (bicyclic) bond motifs is 9. The lowest BCUT2D eigenvalue weighted by atomic mass is 9.95. The zero-order valence-corrected chi connectivity index (χ0v) is 31.4. The lowest BCUT2D eigenvalue weighted by Crippen LogP contribution is -2.33. The molecule has 12 rings (SSSR count). The van der Waals surface area contributed by atoms with Crippen molar-refractivity contribution in [1.29, 1.82) is 0 Å². The van der Waals surface area contributed by atoms with Crippen molar-refractivity contribution >= 4 is 86.9 Å². The van der Waals surface area contributed by atoms with Crippen LogP contribution in [0, 0.1) is 0 Å². The summed E-state index contributed by atoms with van der Waals surface area (Å²) in [5.74, 6) is 1.46. The minimum absolute atomic E-state index is 0.403. The van der Waals surface area contributed by atoms with Crippen LogP contribution < -0.4 is 5.32 Å². The van der Waals surface area contributed by atoms with E-state index < -0.39 is 6.17 Å². The fourth-order valence-electron chi connectivity index (χ4n) is 8.75. The molecule has 3 aromatic heterocycles. The molecule has 1 aliphatic heterocycles. The van der Waals surface area contributed by atoms with Crippen molar-refractivity contribution in [3.8, 4) is 16.8 Å². The number of amidine groups is 2. The number of aliphatic imine (C=N–C) groups is 2. The number of aromatic nitrogens is 1. The fourth-order valence-corrected chi connectivity index (χ4v) is 9.93. The van der Waals surface area contributed by atoms with Gasteiger partial charge in [0.15, 0.2) is 12.0 Å². The Balaban J connectivity index is 1.03. The van der Waals surface area contributed by atoms with Crippen LogP contribution in [0.25, 0.3) is 80.7 Å². The summed E-state index contributed by atoms with van der Waals surface area (Å²) < 4.78 is 11.3. The summed E-state index contributed by atoms with van der Waals surface area (Å²) in [4.78, 5) is 10.5. The monoisotopic (exact) mass is 748 g/mol. The maximum absolute atomic E-state index is 6.48. The van der Waals surface area contributed by atoms with Gasteiger partial charge in [-0.05, 0) is 53.6 Å². The third-order valence-corrected chi connectivity index (χ3v) is 12.4. The highest BCUT2D eigenvalue weighted by Gasteiger charge is 2.25. The number of hydrogen-bond donors (Lipinski definition) is 1. The molecule has 268 valence electrons. The van der Waals surface area contributed by atoms with Crippen LogP contribution in [0.15, 0.2) is 196 Å². The zero-order chi connectivity index (χ0) is 37.5. The van der Waals surface area contributed by atoms with Crippen LogP contribution in [-0.4, -0.2) is 16.2 Å². The lowest BCUT2D eigenvalue weighted by Gasteiger charge is -2.23. The van der Waals surface area contributed by atoms with E-state index in [4.69, 9.17) is 14.4 Å². The highest BCUT2D eigenvalue weighted by molar-refractivity contribution is 7.26. The zero-order valence-electron chi connectivity index (χ0n) is 30.6. The van der Waals surface area contributed by atoms with Crippen molar-refractivity contribution in [3.63, 3.8) is 0 Å². The molecule has 8 aromatic carbocycles. The van der Waals surface area contributed by atoms with Gasteiger partial charge in [-0.1, -0.05) is 140 Å². The Kier molecular flexibility index (Phi) is 7.09. The number of hydrogen-bond acceptors (Lipinski definition) is 5. The minimum Gasteiger partial charge on any atom is -0.456 e. The second-order valence-corrected chi connectivity index (χ2v) is 15.6. The molecule has 1 N–H and O–H groups in total. The summed E-state index contributed by atoms with van der Waals surface area (Å²) in [5.41, 5.74) is 10.7. The molecule has 1 aliphatic rings. The fraction of sp³-hybridized carbons (Fsp3) is 0.0196. The highest BCUT2D eigenvalue weighted by atomic mass is 32.1. The molecule has 0 spiro atoms. The predicted octanol–water partition coefficient (Wildman–Crippen LogP) is 13.2. The van der Waals surface area contributed by atoms with E-state index in [2.05, 4.69) is 162 Å². The molecule has 0 saturated heterocycles. The molecule has 57 heavy (non-hydrogen) atoms. The van der Waals surface area contributed by atoms with Gasteiger partial charge in [0.2, 0.25) is 0 Å². The largest absolute Gasteiger partial charge is 0.456 e. The van der Waals surface area contributed by atoms with Gasteiger partial charge in [0, 0.05) is 64.1 Å². The molecule has 0 saturated carbocycles. The van der Waals surface area contributed by atoms with E-state index in [1.54, 1.807) is 0 Å². The molecular formula is C51H32N4OS. The number of benzene rings is 8. The van der Waals surface area contributed by atoms with E-state index in [0.29, 0.717) is 5.84 Å². The standard InChI is InChI=1S/C51H32N4OS/c1-3-14-31(15-4-1)49-52-50(54-51(53-49)40-23-11-22-37-34-18-8-10-26-43(34)56-48(37)40)32-28-29-39-45(30-32)57-44-27-13-21-36(47(39)44)35-20-12-25-42-46(35)38-19-7-9-24-41(38)55(42)33-16-5-2-6-17-33/h1-30,51H,(H,52,53,54). The summed E-state index contributed by atoms with van der Waals surface area (Å²) in [7, 11) is 0. The average Bonchev–Trinajstić information content (AvgIpc) is 3.96. The van der Waals surface area contributed by atoms with Gasteiger partial charge < -0.3 is 14.3 Å². The summed E-state index contributed by atoms with van der Waals surface area (Å²) in [6.45, 7) is 0. The highest BCUT2D eigenvalue weighted by Crippen LogP contribution is 2.45. The van der Waals surface area contributed by atoms with Crippen molar-refractivity contribution in [2.75, 3.05) is 0 Å². The quantitative estimate of drug-likeness (QED) is 0.191. The van der Waals surface area contributed by atoms with Gasteiger partial charge in [-0.15, -0.1) is 11.3 Å². The number of thiophene rings is 1. The van der Waals surface area contributed by atoms with Crippen LogP contribution in [0.5, 0.6) is 0 Å².